The van der Waals surface area contributed by atoms with E-state index in [9.17, 15) is 9.59 Å². The second kappa shape index (κ2) is 3.65. The molecule has 0 unspecified atom stereocenters. The van der Waals surface area contributed by atoms with E-state index >= 15 is 0 Å². The second-order valence-corrected chi connectivity index (χ2v) is 2.39. The fourth-order valence-electron chi connectivity index (χ4n) is 0.691. The third kappa shape index (κ3) is 2.55. The van der Waals surface area contributed by atoms with Gasteiger partial charge in [-0.3, -0.25) is 14.7 Å². The lowest BCUT2D eigenvalue weighted by molar-refractivity contribution is -0.117. The molecular formula is C6H9N5O2. The summed E-state index contributed by atoms with van der Waals surface area (Å²) in [5.74, 6) is -0.605. The summed E-state index contributed by atoms with van der Waals surface area (Å²) in [6.07, 6.45) is 0. The first kappa shape index (κ1) is 9.17. The molecule has 0 spiro atoms. The topological polar surface area (TPSA) is 114 Å². The van der Waals surface area contributed by atoms with Crippen LogP contribution in [0.1, 0.15) is 16.4 Å². The SMILES string of the molecule is Cc1nc(C(=O)NCC(N)=O)n[nH]1. The molecule has 0 saturated carbocycles. The van der Waals surface area contributed by atoms with Crippen LogP contribution in [0.2, 0.25) is 0 Å². The normalized spacial score (nSPS) is 9.62. The van der Waals surface area contributed by atoms with Crippen LogP contribution < -0.4 is 11.1 Å². The molecule has 7 nitrogen and oxygen atoms in total. The second-order valence-electron chi connectivity index (χ2n) is 2.39. The largest absolute Gasteiger partial charge is 0.368 e. The van der Waals surface area contributed by atoms with Crippen molar-refractivity contribution in [3.8, 4) is 0 Å². The number of hydrogen-bond donors (Lipinski definition) is 3. The average molecular weight is 183 g/mol. The van der Waals surface area contributed by atoms with Gasteiger partial charge in [-0.2, -0.15) is 0 Å². The van der Waals surface area contributed by atoms with E-state index in [-0.39, 0.29) is 12.4 Å². The van der Waals surface area contributed by atoms with Gasteiger partial charge in [0.15, 0.2) is 0 Å². The van der Waals surface area contributed by atoms with E-state index in [0.717, 1.165) is 0 Å². The van der Waals surface area contributed by atoms with Gasteiger partial charge in [-0.25, -0.2) is 4.98 Å². The van der Waals surface area contributed by atoms with Crippen LogP contribution in [-0.2, 0) is 4.79 Å². The number of rotatable bonds is 3. The van der Waals surface area contributed by atoms with Crippen molar-refractivity contribution in [2.45, 2.75) is 6.92 Å². The molecule has 0 aliphatic rings. The number of nitrogens with one attached hydrogen (secondary N) is 2. The van der Waals surface area contributed by atoms with Crippen LogP contribution in [-0.4, -0.2) is 33.5 Å². The zero-order chi connectivity index (χ0) is 9.84. The summed E-state index contributed by atoms with van der Waals surface area (Å²) in [7, 11) is 0. The first-order chi connectivity index (χ1) is 6.09. The maximum Gasteiger partial charge on any atom is 0.291 e. The van der Waals surface area contributed by atoms with E-state index in [1.165, 1.54) is 0 Å². The highest BCUT2D eigenvalue weighted by Crippen LogP contribution is 1.89. The van der Waals surface area contributed by atoms with Crippen LogP contribution in [0, 0.1) is 6.92 Å². The molecule has 0 atom stereocenters. The summed E-state index contributed by atoms with van der Waals surface area (Å²) in [5.41, 5.74) is 4.82. The fraction of sp³-hybridized carbons (Fsp3) is 0.333. The highest BCUT2D eigenvalue weighted by atomic mass is 16.2. The van der Waals surface area contributed by atoms with Crippen LogP contribution in [0.4, 0.5) is 0 Å². The minimum absolute atomic E-state index is 0.00116. The predicted molar refractivity (Wildman–Crippen MR) is 42.6 cm³/mol. The molecule has 0 radical (unpaired) electrons. The van der Waals surface area contributed by atoms with Crippen molar-refractivity contribution in [1.82, 2.24) is 20.5 Å². The Hall–Kier alpha value is -1.92. The summed E-state index contributed by atoms with van der Waals surface area (Å²) in [6.45, 7) is 1.45. The minimum Gasteiger partial charge on any atom is -0.368 e. The van der Waals surface area contributed by atoms with Crippen LogP contribution in [0.15, 0.2) is 0 Å². The number of amides is 2. The van der Waals surface area contributed by atoms with Crippen LogP contribution in [0.5, 0.6) is 0 Å². The smallest absolute Gasteiger partial charge is 0.291 e. The van der Waals surface area contributed by atoms with Crippen molar-refractivity contribution < 1.29 is 9.59 Å². The van der Waals surface area contributed by atoms with Crippen LogP contribution >= 0.6 is 0 Å². The first-order valence-corrected chi connectivity index (χ1v) is 3.55. The molecule has 2 amide bonds. The summed E-state index contributed by atoms with van der Waals surface area (Å²) < 4.78 is 0. The fourth-order valence-corrected chi connectivity index (χ4v) is 0.691. The molecule has 1 aromatic heterocycles. The van der Waals surface area contributed by atoms with E-state index in [0.29, 0.717) is 5.82 Å². The Balaban J connectivity index is 2.54. The van der Waals surface area contributed by atoms with Crippen molar-refractivity contribution in [2.24, 2.45) is 5.73 Å². The van der Waals surface area contributed by atoms with Crippen molar-refractivity contribution in [1.29, 1.82) is 0 Å². The summed E-state index contributed by atoms with van der Waals surface area (Å²) in [5, 5.41) is 8.35. The molecule has 70 valence electrons. The molecule has 7 heteroatoms. The molecule has 0 aromatic carbocycles. The van der Waals surface area contributed by atoms with E-state index in [4.69, 9.17) is 5.73 Å². The summed E-state index contributed by atoms with van der Waals surface area (Å²) in [4.78, 5) is 25.2. The number of H-pyrrole nitrogens is 1. The Kier molecular flexibility index (Phi) is 2.58. The molecule has 0 saturated heterocycles. The van der Waals surface area contributed by atoms with Gasteiger partial charge in [0.2, 0.25) is 11.7 Å². The lowest BCUT2D eigenvalue weighted by Crippen LogP contribution is -2.33. The molecular weight excluding hydrogens is 174 g/mol. The first-order valence-electron chi connectivity index (χ1n) is 3.55. The molecule has 1 heterocycles. The number of hydrogen-bond acceptors (Lipinski definition) is 4. The number of aromatic nitrogens is 3. The van der Waals surface area contributed by atoms with Gasteiger partial charge in [-0.1, -0.05) is 0 Å². The summed E-state index contributed by atoms with van der Waals surface area (Å²) in [6, 6.07) is 0. The number of carbonyl (C=O) groups excluding carboxylic acids is 2. The van der Waals surface area contributed by atoms with Crippen molar-refractivity contribution in [3.63, 3.8) is 0 Å². The Bertz CT molecular complexity index is 332. The molecule has 0 aliphatic carbocycles. The third-order valence-corrected chi connectivity index (χ3v) is 1.22. The third-order valence-electron chi connectivity index (χ3n) is 1.22. The van der Waals surface area contributed by atoms with Gasteiger partial charge >= 0.3 is 0 Å². The van der Waals surface area contributed by atoms with Gasteiger partial charge in [0.05, 0.1) is 6.54 Å². The predicted octanol–water partition coefficient (Wildman–Crippen LogP) is -1.67. The Morgan fingerprint density at radius 1 is 1.62 bits per heavy atom. The monoisotopic (exact) mass is 183 g/mol. The average Bonchev–Trinajstić information content (AvgIpc) is 2.47. The van der Waals surface area contributed by atoms with Crippen LogP contribution in [0.25, 0.3) is 0 Å². The van der Waals surface area contributed by atoms with Crippen molar-refractivity contribution >= 4 is 11.8 Å². The highest BCUT2D eigenvalue weighted by Gasteiger charge is 2.10. The maximum absolute atomic E-state index is 11.1. The number of nitrogens with zero attached hydrogens (tertiary/aromatic N) is 2. The zero-order valence-electron chi connectivity index (χ0n) is 7.00. The van der Waals surface area contributed by atoms with E-state index in [1.54, 1.807) is 6.92 Å². The number of carbonyl (C=O) groups is 2. The van der Waals surface area contributed by atoms with E-state index in [1.807, 2.05) is 0 Å². The molecule has 0 aliphatic heterocycles. The molecule has 1 aromatic rings. The van der Waals surface area contributed by atoms with Gasteiger partial charge in [-0.15, -0.1) is 5.10 Å². The molecule has 1 rings (SSSR count). The Morgan fingerprint density at radius 2 is 2.31 bits per heavy atom. The Morgan fingerprint density at radius 3 is 2.77 bits per heavy atom. The maximum atomic E-state index is 11.1. The number of primary amides is 1. The molecule has 0 bridgehead atoms. The standard InChI is InChI=1S/C6H9N5O2/c1-3-9-5(11-10-3)6(13)8-2-4(7)12/h2H2,1H3,(H2,7,12)(H,8,13)(H,9,10,11). The van der Waals surface area contributed by atoms with Gasteiger partial charge in [-0.05, 0) is 6.92 Å². The quantitative estimate of drug-likeness (QED) is 0.519. The van der Waals surface area contributed by atoms with Crippen LogP contribution in [0.3, 0.4) is 0 Å². The summed E-state index contributed by atoms with van der Waals surface area (Å²) >= 11 is 0. The molecule has 4 N–H and O–H groups in total. The van der Waals surface area contributed by atoms with Gasteiger partial charge in [0.25, 0.3) is 5.91 Å². The van der Waals surface area contributed by atoms with Gasteiger partial charge in [0.1, 0.15) is 5.82 Å². The number of aromatic amines is 1. The van der Waals surface area contributed by atoms with Crippen molar-refractivity contribution in [3.05, 3.63) is 11.6 Å². The zero-order valence-corrected chi connectivity index (χ0v) is 7.00. The van der Waals surface area contributed by atoms with Crippen molar-refractivity contribution in [2.75, 3.05) is 6.54 Å². The lowest BCUT2D eigenvalue weighted by Gasteiger charge is -1.96. The van der Waals surface area contributed by atoms with Gasteiger partial charge < -0.3 is 11.1 Å². The number of aryl methyl sites for hydroxylation is 1. The minimum atomic E-state index is -0.611. The van der Waals surface area contributed by atoms with Gasteiger partial charge in [0, 0.05) is 0 Å². The molecule has 0 fully saturated rings. The number of nitrogens with two attached hydrogens (primary N) is 1. The van der Waals surface area contributed by atoms with E-state index in [2.05, 4.69) is 20.5 Å². The van der Waals surface area contributed by atoms with E-state index < -0.39 is 11.8 Å². The Labute approximate surface area is 73.7 Å². The highest BCUT2D eigenvalue weighted by molar-refractivity contribution is 5.92. The molecule has 13 heavy (non-hydrogen) atoms. The lowest BCUT2D eigenvalue weighted by atomic mass is 10.5.